The third-order valence-electron chi connectivity index (χ3n) is 3.59. The molecule has 1 unspecified atom stereocenters. The molecule has 2 heterocycles. The lowest BCUT2D eigenvalue weighted by Crippen LogP contribution is -2.13. The lowest BCUT2D eigenvalue weighted by Gasteiger charge is -2.11. The van der Waals surface area contributed by atoms with Gasteiger partial charge in [-0.1, -0.05) is 0 Å². The summed E-state index contributed by atoms with van der Waals surface area (Å²) in [5.41, 5.74) is 2.06. The minimum Gasteiger partial charge on any atom is -0.373 e. The first-order valence-corrected chi connectivity index (χ1v) is 7.92. The van der Waals surface area contributed by atoms with Crippen LogP contribution in [0.2, 0.25) is 0 Å². The van der Waals surface area contributed by atoms with E-state index in [1.165, 1.54) is 0 Å². The summed E-state index contributed by atoms with van der Waals surface area (Å²) >= 11 is 0. The lowest BCUT2D eigenvalue weighted by atomic mass is 10.2. The van der Waals surface area contributed by atoms with Crippen molar-refractivity contribution in [2.45, 2.75) is 59.0 Å². The van der Waals surface area contributed by atoms with Crippen molar-refractivity contribution < 1.29 is 18.3 Å². The highest BCUT2D eigenvalue weighted by molar-refractivity contribution is 5.16. The van der Waals surface area contributed by atoms with Gasteiger partial charge in [-0.3, -0.25) is 9.78 Å². The fourth-order valence-electron chi connectivity index (χ4n) is 2.26. The summed E-state index contributed by atoms with van der Waals surface area (Å²) in [6.07, 6.45) is -0.838. The molecule has 2 aromatic heterocycles. The Labute approximate surface area is 140 Å². The summed E-state index contributed by atoms with van der Waals surface area (Å²) in [4.78, 5) is 0. The standard InChI is InChI=1S/C16H24F2N4O2/c1-10(2)23-8-13-6-12(21-22(13)4)5-11(3)24-9-15-14(16(17)18)7-19-20-15/h6-7,10-11,16H,5,8-9H2,1-4H3,(H,19,20). The monoisotopic (exact) mass is 342 g/mol. The number of nitrogens with zero attached hydrogens (tertiary/aromatic N) is 3. The van der Waals surface area contributed by atoms with Gasteiger partial charge in [-0.15, -0.1) is 0 Å². The van der Waals surface area contributed by atoms with Crippen LogP contribution >= 0.6 is 0 Å². The predicted octanol–water partition coefficient (Wildman–Crippen LogP) is 3.15. The molecule has 0 fully saturated rings. The molecule has 2 aromatic rings. The van der Waals surface area contributed by atoms with E-state index in [1.807, 2.05) is 33.9 Å². The molecule has 1 N–H and O–H groups in total. The number of alkyl halides is 2. The Morgan fingerprint density at radius 3 is 2.62 bits per heavy atom. The lowest BCUT2D eigenvalue weighted by molar-refractivity contribution is 0.0480. The molecule has 0 radical (unpaired) electrons. The van der Waals surface area contributed by atoms with Gasteiger partial charge in [0.05, 0.1) is 54.3 Å². The van der Waals surface area contributed by atoms with E-state index in [2.05, 4.69) is 15.3 Å². The Balaban J connectivity index is 1.87. The molecule has 24 heavy (non-hydrogen) atoms. The summed E-state index contributed by atoms with van der Waals surface area (Å²) in [5, 5.41) is 10.6. The normalized spacial score (nSPS) is 13.2. The van der Waals surface area contributed by atoms with Crippen molar-refractivity contribution in [2.24, 2.45) is 7.05 Å². The largest absolute Gasteiger partial charge is 0.373 e. The maximum atomic E-state index is 12.8. The first kappa shape index (κ1) is 18.5. The van der Waals surface area contributed by atoms with E-state index in [0.717, 1.165) is 17.6 Å². The molecule has 6 nitrogen and oxygen atoms in total. The smallest absolute Gasteiger partial charge is 0.267 e. The van der Waals surface area contributed by atoms with Gasteiger partial charge >= 0.3 is 0 Å². The zero-order valence-corrected chi connectivity index (χ0v) is 14.4. The molecule has 0 amide bonds. The number of halogens is 2. The third-order valence-corrected chi connectivity index (χ3v) is 3.59. The van der Waals surface area contributed by atoms with Crippen LogP contribution in [0.15, 0.2) is 12.3 Å². The molecule has 0 spiro atoms. The van der Waals surface area contributed by atoms with Gasteiger partial charge in [-0.05, 0) is 26.8 Å². The van der Waals surface area contributed by atoms with Gasteiger partial charge in [0.25, 0.3) is 6.43 Å². The average Bonchev–Trinajstić information content (AvgIpc) is 3.09. The second kappa shape index (κ2) is 8.34. The molecule has 0 aliphatic carbocycles. The second-order valence-corrected chi connectivity index (χ2v) is 6.04. The highest BCUT2D eigenvalue weighted by Gasteiger charge is 2.16. The number of aromatic amines is 1. The van der Waals surface area contributed by atoms with Crippen molar-refractivity contribution in [1.82, 2.24) is 20.0 Å². The maximum Gasteiger partial charge on any atom is 0.267 e. The molecule has 2 rings (SSSR count). The predicted molar refractivity (Wildman–Crippen MR) is 84.6 cm³/mol. The Bertz CT molecular complexity index is 640. The van der Waals surface area contributed by atoms with E-state index in [4.69, 9.17) is 9.47 Å². The average molecular weight is 342 g/mol. The first-order valence-electron chi connectivity index (χ1n) is 7.92. The minimum atomic E-state index is -2.56. The zero-order valence-electron chi connectivity index (χ0n) is 14.4. The molecule has 0 bridgehead atoms. The van der Waals surface area contributed by atoms with Crippen LogP contribution in [0.1, 0.15) is 49.8 Å². The Hall–Kier alpha value is -1.80. The highest BCUT2D eigenvalue weighted by atomic mass is 19.3. The fraction of sp³-hybridized carbons (Fsp3) is 0.625. The SMILES string of the molecule is CC(C)OCc1cc(CC(C)OCc2[nH]ncc2C(F)F)nn1C. The zero-order chi connectivity index (χ0) is 17.7. The quantitative estimate of drug-likeness (QED) is 0.760. The molecular formula is C16H24F2N4O2. The number of hydrogen-bond acceptors (Lipinski definition) is 4. The highest BCUT2D eigenvalue weighted by Crippen LogP contribution is 2.21. The number of rotatable bonds is 9. The molecule has 134 valence electrons. The van der Waals surface area contributed by atoms with Crippen molar-refractivity contribution in [2.75, 3.05) is 0 Å². The van der Waals surface area contributed by atoms with Gasteiger partial charge in [-0.2, -0.15) is 10.2 Å². The Kier molecular flexibility index (Phi) is 6.44. The maximum absolute atomic E-state index is 12.8. The molecule has 0 aliphatic heterocycles. The van der Waals surface area contributed by atoms with Gasteiger partial charge < -0.3 is 9.47 Å². The number of aryl methyl sites for hydroxylation is 1. The summed E-state index contributed by atoms with van der Waals surface area (Å²) in [6, 6.07) is 1.98. The van der Waals surface area contributed by atoms with Gasteiger partial charge in [0.1, 0.15) is 0 Å². The van der Waals surface area contributed by atoms with E-state index < -0.39 is 6.43 Å². The molecule has 1 atom stereocenters. The van der Waals surface area contributed by atoms with Gasteiger partial charge in [-0.25, -0.2) is 8.78 Å². The molecule has 0 saturated heterocycles. The summed E-state index contributed by atoms with van der Waals surface area (Å²) in [5.74, 6) is 0. The van der Waals surface area contributed by atoms with E-state index in [-0.39, 0.29) is 24.4 Å². The Morgan fingerprint density at radius 1 is 1.21 bits per heavy atom. The van der Waals surface area contributed by atoms with Gasteiger partial charge in [0.2, 0.25) is 0 Å². The van der Waals surface area contributed by atoms with Crippen molar-refractivity contribution in [1.29, 1.82) is 0 Å². The number of hydrogen-bond donors (Lipinski definition) is 1. The molecule has 8 heteroatoms. The van der Waals surface area contributed by atoms with Gasteiger partial charge in [0.15, 0.2) is 0 Å². The summed E-state index contributed by atoms with van der Waals surface area (Å²) < 4.78 is 38.6. The second-order valence-electron chi connectivity index (χ2n) is 6.04. The Morgan fingerprint density at radius 2 is 1.96 bits per heavy atom. The van der Waals surface area contributed by atoms with Crippen molar-refractivity contribution in [3.05, 3.63) is 34.9 Å². The number of H-pyrrole nitrogens is 1. The molecule has 0 aromatic carbocycles. The van der Waals surface area contributed by atoms with Crippen LogP contribution in [0.4, 0.5) is 8.78 Å². The molecule has 0 aliphatic rings. The number of ether oxygens (including phenoxy) is 2. The molecule has 0 saturated carbocycles. The van der Waals surface area contributed by atoms with E-state index in [0.29, 0.717) is 18.7 Å². The minimum absolute atomic E-state index is 0.0665. The van der Waals surface area contributed by atoms with Crippen molar-refractivity contribution in [3.8, 4) is 0 Å². The van der Waals surface area contributed by atoms with Crippen LogP contribution in [0.5, 0.6) is 0 Å². The van der Waals surface area contributed by atoms with E-state index >= 15 is 0 Å². The fourth-order valence-corrected chi connectivity index (χ4v) is 2.26. The third kappa shape index (κ3) is 5.10. The van der Waals surface area contributed by atoms with Crippen LogP contribution in [0.25, 0.3) is 0 Å². The number of nitrogens with one attached hydrogen (secondary N) is 1. The van der Waals surface area contributed by atoms with E-state index in [1.54, 1.807) is 4.68 Å². The number of aromatic nitrogens is 4. The molecular weight excluding hydrogens is 318 g/mol. The van der Waals surface area contributed by atoms with Crippen molar-refractivity contribution in [3.63, 3.8) is 0 Å². The van der Waals surface area contributed by atoms with Gasteiger partial charge in [0, 0.05) is 13.5 Å². The van der Waals surface area contributed by atoms with Crippen LogP contribution in [-0.4, -0.2) is 32.2 Å². The topological polar surface area (TPSA) is 65.0 Å². The first-order chi connectivity index (χ1) is 11.4. The van der Waals surface area contributed by atoms with Crippen LogP contribution in [-0.2, 0) is 36.2 Å². The van der Waals surface area contributed by atoms with E-state index in [9.17, 15) is 8.78 Å². The van der Waals surface area contributed by atoms with Crippen molar-refractivity contribution >= 4 is 0 Å². The summed E-state index contributed by atoms with van der Waals surface area (Å²) in [7, 11) is 1.87. The van der Waals surface area contributed by atoms with Crippen LogP contribution in [0.3, 0.4) is 0 Å². The van der Waals surface area contributed by atoms with Crippen LogP contribution < -0.4 is 0 Å². The van der Waals surface area contributed by atoms with Crippen LogP contribution in [0, 0.1) is 0 Å². The summed E-state index contributed by atoms with van der Waals surface area (Å²) in [6.45, 7) is 6.42.